The van der Waals surface area contributed by atoms with Crippen molar-refractivity contribution in [2.24, 2.45) is 0 Å². The summed E-state index contributed by atoms with van der Waals surface area (Å²) >= 11 is 0. The van der Waals surface area contributed by atoms with E-state index in [9.17, 15) is 13.2 Å². The topological polar surface area (TPSA) is 79.4 Å². The normalized spacial score (nSPS) is 22.4. The van der Waals surface area contributed by atoms with Gasteiger partial charge in [-0.1, -0.05) is 6.08 Å². The highest BCUT2D eigenvalue weighted by Crippen LogP contribution is 2.19. The smallest absolute Gasteiger partial charge is 0.410 e. The Morgan fingerprint density at radius 1 is 1.12 bits per heavy atom. The van der Waals surface area contributed by atoms with Gasteiger partial charge in [0, 0.05) is 39.3 Å². The number of amides is 1. The second-order valence-electron chi connectivity index (χ2n) is 7.19. The Balaban J connectivity index is 1.98. The lowest BCUT2D eigenvalue weighted by molar-refractivity contribution is 0.0185. The summed E-state index contributed by atoms with van der Waals surface area (Å²) in [6.45, 7) is 12.5. The van der Waals surface area contributed by atoms with Crippen molar-refractivity contribution in [3.63, 3.8) is 0 Å². The molecular weight excluding hydrogens is 346 g/mol. The van der Waals surface area contributed by atoms with E-state index in [1.54, 1.807) is 4.90 Å². The van der Waals surface area contributed by atoms with Gasteiger partial charge in [0.25, 0.3) is 0 Å². The Hall–Kier alpha value is -1.16. The lowest BCUT2D eigenvalue weighted by atomic mass is 10.2. The number of sulfonamides is 1. The van der Waals surface area contributed by atoms with Crippen molar-refractivity contribution in [1.29, 1.82) is 0 Å². The number of carbonyl (C=O) groups excluding carboxylic acids is 1. The Morgan fingerprint density at radius 3 is 2.16 bits per heavy atom. The molecule has 8 nitrogen and oxygen atoms in total. The Kier molecular flexibility index (Phi) is 6.47. The molecule has 0 aromatic rings. The van der Waals surface area contributed by atoms with Crippen LogP contribution in [0.2, 0.25) is 0 Å². The van der Waals surface area contributed by atoms with E-state index < -0.39 is 27.1 Å². The quantitative estimate of drug-likeness (QED) is 0.674. The molecule has 2 saturated heterocycles. The fourth-order valence-corrected chi connectivity index (χ4v) is 4.70. The standard InChI is InChI=1S/C16H29N3O5S/c1-5-14(17-10-12-23-13-11-17)25(21,22)19-8-6-18(7-9-19)15(20)24-16(2,3)4/h5,14H,1,6-13H2,2-4H3. The van der Waals surface area contributed by atoms with Gasteiger partial charge in [-0.05, 0) is 20.8 Å². The second-order valence-corrected chi connectivity index (χ2v) is 9.22. The molecule has 2 aliphatic heterocycles. The molecule has 2 heterocycles. The highest BCUT2D eigenvalue weighted by atomic mass is 32.2. The molecule has 0 aliphatic carbocycles. The van der Waals surface area contributed by atoms with E-state index in [-0.39, 0.29) is 13.1 Å². The molecule has 0 aromatic heterocycles. The van der Waals surface area contributed by atoms with Crippen molar-refractivity contribution in [1.82, 2.24) is 14.1 Å². The van der Waals surface area contributed by atoms with Crippen LogP contribution in [0.3, 0.4) is 0 Å². The van der Waals surface area contributed by atoms with Gasteiger partial charge in [0.1, 0.15) is 11.0 Å². The van der Waals surface area contributed by atoms with Crippen LogP contribution in [0.1, 0.15) is 20.8 Å². The second kappa shape index (κ2) is 8.03. The number of hydrogen-bond acceptors (Lipinski definition) is 6. The zero-order valence-electron chi connectivity index (χ0n) is 15.3. The molecule has 2 aliphatic rings. The summed E-state index contributed by atoms with van der Waals surface area (Å²) in [6.07, 6.45) is 1.07. The zero-order chi connectivity index (χ0) is 18.7. The lowest BCUT2D eigenvalue weighted by Crippen LogP contribution is -2.56. The molecule has 25 heavy (non-hydrogen) atoms. The summed E-state index contributed by atoms with van der Waals surface area (Å²) in [5.74, 6) is 0. The van der Waals surface area contributed by atoms with Crippen molar-refractivity contribution in [3.05, 3.63) is 12.7 Å². The maximum atomic E-state index is 13.0. The van der Waals surface area contributed by atoms with Crippen LogP contribution in [0.4, 0.5) is 4.79 Å². The van der Waals surface area contributed by atoms with E-state index in [0.717, 1.165) is 0 Å². The van der Waals surface area contributed by atoms with Gasteiger partial charge < -0.3 is 14.4 Å². The molecule has 1 unspecified atom stereocenters. The predicted molar refractivity (Wildman–Crippen MR) is 94.7 cm³/mol. The van der Waals surface area contributed by atoms with Crippen molar-refractivity contribution in [2.45, 2.75) is 31.7 Å². The molecule has 0 saturated carbocycles. The zero-order valence-corrected chi connectivity index (χ0v) is 16.1. The Labute approximate surface area is 150 Å². The molecule has 0 radical (unpaired) electrons. The molecule has 1 atom stereocenters. The summed E-state index contributed by atoms with van der Waals surface area (Å²) < 4.78 is 38.0. The SMILES string of the molecule is C=CC(N1CCOCC1)S(=O)(=O)N1CCN(C(=O)OC(C)(C)C)CC1. The summed E-state index contributed by atoms with van der Waals surface area (Å²) in [6, 6.07) is 0. The summed E-state index contributed by atoms with van der Waals surface area (Å²) in [5, 5.41) is -0.760. The number of nitrogens with zero attached hydrogens (tertiary/aromatic N) is 3. The van der Waals surface area contributed by atoms with Crippen molar-refractivity contribution < 1.29 is 22.7 Å². The molecular formula is C16H29N3O5S. The van der Waals surface area contributed by atoms with Crippen LogP contribution in [0.15, 0.2) is 12.7 Å². The largest absolute Gasteiger partial charge is 0.444 e. The molecule has 0 spiro atoms. The van der Waals surface area contributed by atoms with Crippen LogP contribution >= 0.6 is 0 Å². The number of piperazine rings is 1. The van der Waals surface area contributed by atoms with Gasteiger partial charge in [-0.2, -0.15) is 4.31 Å². The predicted octanol–water partition coefficient (Wildman–Crippen LogP) is 0.713. The van der Waals surface area contributed by atoms with E-state index in [1.165, 1.54) is 10.4 Å². The first-order valence-electron chi connectivity index (χ1n) is 8.56. The highest BCUT2D eigenvalue weighted by Gasteiger charge is 2.37. The van der Waals surface area contributed by atoms with E-state index >= 15 is 0 Å². The van der Waals surface area contributed by atoms with Gasteiger partial charge in [-0.25, -0.2) is 13.2 Å². The van der Waals surface area contributed by atoms with Crippen molar-refractivity contribution >= 4 is 16.1 Å². The molecule has 0 aromatic carbocycles. The maximum absolute atomic E-state index is 13.0. The molecule has 1 amide bonds. The fourth-order valence-electron chi connectivity index (χ4n) is 2.90. The van der Waals surface area contributed by atoms with Gasteiger partial charge in [0.15, 0.2) is 0 Å². The average Bonchev–Trinajstić information content (AvgIpc) is 2.55. The molecule has 144 valence electrons. The van der Waals surface area contributed by atoms with E-state index in [0.29, 0.717) is 39.4 Å². The first-order chi connectivity index (χ1) is 11.6. The number of carbonyl (C=O) groups is 1. The first kappa shape index (κ1) is 20.2. The third kappa shape index (κ3) is 5.16. The van der Waals surface area contributed by atoms with E-state index in [4.69, 9.17) is 9.47 Å². The minimum absolute atomic E-state index is 0.260. The number of rotatable bonds is 4. The van der Waals surface area contributed by atoms with Gasteiger partial charge in [-0.3, -0.25) is 4.90 Å². The third-order valence-corrected chi connectivity index (χ3v) is 6.35. The number of hydrogen-bond donors (Lipinski definition) is 0. The van der Waals surface area contributed by atoms with Crippen LogP contribution in [0.25, 0.3) is 0 Å². The molecule has 2 rings (SSSR count). The van der Waals surface area contributed by atoms with Crippen LogP contribution in [-0.2, 0) is 19.5 Å². The van der Waals surface area contributed by atoms with Gasteiger partial charge in [0.05, 0.1) is 13.2 Å². The highest BCUT2D eigenvalue weighted by molar-refractivity contribution is 7.89. The molecule has 9 heteroatoms. The third-order valence-electron chi connectivity index (χ3n) is 4.16. The maximum Gasteiger partial charge on any atom is 0.410 e. The number of ether oxygens (including phenoxy) is 2. The summed E-state index contributed by atoms with van der Waals surface area (Å²) in [4.78, 5) is 15.5. The molecule has 2 fully saturated rings. The van der Waals surface area contributed by atoms with Gasteiger partial charge in [0.2, 0.25) is 10.0 Å². The summed E-state index contributed by atoms with van der Waals surface area (Å²) in [5.41, 5.74) is -0.565. The van der Waals surface area contributed by atoms with Crippen molar-refractivity contribution in [2.75, 3.05) is 52.5 Å². The van der Waals surface area contributed by atoms with Gasteiger partial charge >= 0.3 is 6.09 Å². The monoisotopic (exact) mass is 375 g/mol. The molecule has 0 N–H and O–H groups in total. The minimum Gasteiger partial charge on any atom is -0.444 e. The van der Waals surface area contributed by atoms with Gasteiger partial charge in [-0.15, -0.1) is 6.58 Å². The van der Waals surface area contributed by atoms with E-state index in [1.807, 2.05) is 25.7 Å². The minimum atomic E-state index is -3.55. The van der Waals surface area contributed by atoms with Crippen LogP contribution < -0.4 is 0 Å². The van der Waals surface area contributed by atoms with E-state index in [2.05, 4.69) is 6.58 Å². The van der Waals surface area contributed by atoms with Crippen LogP contribution in [-0.4, -0.2) is 92.1 Å². The average molecular weight is 375 g/mol. The number of morpholine rings is 1. The Bertz CT molecular complexity index is 573. The first-order valence-corrected chi connectivity index (χ1v) is 10.1. The van der Waals surface area contributed by atoms with Crippen LogP contribution in [0, 0.1) is 0 Å². The fraction of sp³-hybridized carbons (Fsp3) is 0.812. The summed E-state index contributed by atoms with van der Waals surface area (Å²) in [7, 11) is -3.55. The lowest BCUT2D eigenvalue weighted by Gasteiger charge is -2.39. The Morgan fingerprint density at radius 2 is 1.68 bits per heavy atom. The van der Waals surface area contributed by atoms with Crippen LogP contribution in [0.5, 0.6) is 0 Å². The molecule has 0 bridgehead atoms. The van der Waals surface area contributed by atoms with Crippen molar-refractivity contribution in [3.8, 4) is 0 Å².